The molecule has 0 radical (unpaired) electrons. The lowest BCUT2D eigenvalue weighted by Crippen LogP contribution is -2.28. The first kappa shape index (κ1) is 21.0. The number of hydrogen-bond acceptors (Lipinski definition) is 4. The largest absolute Gasteiger partial charge is 0.322 e. The lowest BCUT2D eigenvalue weighted by atomic mass is 10.1. The zero-order valence-electron chi connectivity index (χ0n) is 17.4. The highest BCUT2D eigenvalue weighted by Crippen LogP contribution is 2.24. The smallest absolute Gasteiger partial charge is 0.257 e. The molecule has 1 fully saturated rings. The van der Waals surface area contributed by atoms with Crippen LogP contribution in [-0.4, -0.2) is 23.6 Å². The highest BCUT2D eigenvalue weighted by molar-refractivity contribution is 6.20. The normalized spacial score (nSPS) is 13.2. The lowest BCUT2D eigenvalue weighted by Gasteiger charge is -2.15. The first-order chi connectivity index (χ1) is 15.4. The number of anilines is 3. The van der Waals surface area contributed by atoms with E-state index in [1.807, 2.05) is 25.1 Å². The van der Waals surface area contributed by atoms with Crippen molar-refractivity contribution in [2.24, 2.45) is 0 Å². The Morgan fingerprint density at radius 2 is 1.47 bits per heavy atom. The van der Waals surface area contributed by atoms with Crippen LogP contribution in [-0.2, 0) is 9.59 Å². The molecule has 0 bridgehead atoms. The number of carbonyl (C=O) groups is 4. The van der Waals surface area contributed by atoms with Crippen molar-refractivity contribution in [2.75, 3.05) is 15.5 Å². The van der Waals surface area contributed by atoms with Crippen molar-refractivity contribution >= 4 is 40.7 Å². The fraction of sp³-hybridized carbons (Fsp3) is 0.120. The monoisotopic (exact) mass is 427 g/mol. The fourth-order valence-corrected chi connectivity index (χ4v) is 3.53. The summed E-state index contributed by atoms with van der Waals surface area (Å²) in [6.45, 7) is 1.94. The molecule has 0 saturated carbocycles. The summed E-state index contributed by atoms with van der Waals surface area (Å²) >= 11 is 0. The van der Waals surface area contributed by atoms with Gasteiger partial charge in [-0.15, -0.1) is 0 Å². The Bertz CT molecular complexity index is 1200. The number of benzene rings is 3. The van der Waals surface area contributed by atoms with E-state index in [0.29, 0.717) is 28.2 Å². The molecule has 4 rings (SSSR count). The maximum absolute atomic E-state index is 12.8. The van der Waals surface area contributed by atoms with Gasteiger partial charge in [0.2, 0.25) is 11.8 Å². The Morgan fingerprint density at radius 1 is 0.781 bits per heavy atom. The first-order valence-electron chi connectivity index (χ1n) is 10.2. The molecule has 1 saturated heterocycles. The van der Waals surface area contributed by atoms with Crippen LogP contribution >= 0.6 is 0 Å². The predicted molar refractivity (Wildman–Crippen MR) is 122 cm³/mol. The Hall–Kier alpha value is -4.26. The molecule has 4 amide bonds. The van der Waals surface area contributed by atoms with Crippen LogP contribution in [0.2, 0.25) is 0 Å². The van der Waals surface area contributed by atoms with E-state index in [1.54, 1.807) is 54.6 Å². The molecule has 1 aliphatic heterocycles. The van der Waals surface area contributed by atoms with Crippen molar-refractivity contribution in [3.8, 4) is 0 Å². The van der Waals surface area contributed by atoms with E-state index in [1.165, 1.54) is 0 Å². The standard InChI is InChI=1S/C25H21N3O4/c1-16-5-4-6-18(15-16)26-25(32)20-7-2-3-8-21(20)27-24(31)17-9-11-19(12-10-17)28-22(29)13-14-23(28)30/h2-12,15H,13-14H2,1H3,(H,26,32)(H,27,31). The van der Waals surface area contributed by atoms with Crippen LogP contribution in [0.25, 0.3) is 0 Å². The molecule has 32 heavy (non-hydrogen) atoms. The second kappa shape index (κ2) is 8.85. The van der Waals surface area contributed by atoms with Crippen LogP contribution < -0.4 is 15.5 Å². The molecule has 1 aliphatic rings. The maximum atomic E-state index is 12.8. The minimum atomic E-state index is -0.411. The van der Waals surface area contributed by atoms with Gasteiger partial charge in [0.1, 0.15) is 0 Å². The van der Waals surface area contributed by atoms with Gasteiger partial charge in [-0.3, -0.25) is 24.1 Å². The molecule has 0 aliphatic carbocycles. The van der Waals surface area contributed by atoms with Crippen molar-refractivity contribution in [1.29, 1.82) is 0 Å². The van der Waals surface area contributed by atoms with E-state index in [0.717, 1.165) is 10.5 Å². The summed E-state index contributed by atoms with van der Waals surface area (Å²) in [7, 11) is 0. The molecule has 3 aromatic rings. The summed E-state index contributed by atoms with van der Waals surface area (Å²) < 4.78 is 0. The summed E-state index contributed by atoms with van der Waals surface area (Å²) in [5.41, 5.74) is 3.15. The number of nitrogens with one attached hydrogen (secondary N) is 2. The Kier molecular flexibility index (Phi) is 5.81. The van der Waals surface area contributed by atoms with E-state index in [2.05, 4.69) is 10.6 Å². The van der Waals surface area contributed by atoms with Gasteiger partial charge in [-0.1, -0.05) is 24.3 Å². The molecule has 3 aromatic carbocycles. The van der Waals surface area contributed by atoms with Gasteiger partial charge in [0, 0.05) is 24.1 Å². The van der Waals surface area contributed by atoms with Crippen molar-refractivity contribution in [3.05, 3.63) is 89.5 Å². The molecule has 7 heteroatoms. The quantitative estimate of drug-likeness (QED) is 0.598. The molecular formula is C25H21N3O4. The number of amides is 4. The topological polar surface area (TPSA) is 95.6 Å². The van der Waals surface area contributed by atoms with Crippen LogP contribution in [0, 0.1) is 6.92 Å². The SMILES string of the molecule is Cc1cccc(NC(=O)c2ccccc2NC(=O)c2ccc(N3C(=O)CCC3=O)cc2)c1. The van der Waals surface area contributed by atoms with Gasteiger partial charge in [-0.05, 0) is 61.0 Å². The van der Waals surface area contributed by atoms with Gasteiger partial charge < -0.3 is 10.6 Å². The first-order valence-corrected chi connectivity index (χ1v) is 10.2. The zero-order chi connectivity index (χ0) is 22.7. The van der Waals surface area contributed by atoms with E-state index in [9.17, 15) is 19.2 Å². The maximum Gasteiger partial charge on any atom is 0.257 e. The van der Waals surface area contributed by atoms with Gasteiger partial charge >= 0.3 is 0 Å². The minimum absolute atomic E-state index is 0.197. The Morgan fingerprint density at radius 3 is 2.16 bits per heavy atom. The third-order valence-electron chi connectivity index (χ3n) is 5.14. The molecule has 0 aromatic heterocycles. The third kappa shape index (κ3) is 4.41. The van der Waals surface area contributed by atoms with Crippen molar-refractivity contribution < 1.29 is 19.2 Å². The van der Waals surface area contributed by atoms with Gasteiger partial charge in [0.25, 0.3) is 11.8 Å². The second-order valence-corrected chi connectivity index (χ2v) is 7.49. The van der Waals surface area contributed by atoms with Crippen molar-refractivity contribution in [2.45, 2.75) is 19.8 Å². The van der Waals surface area contributed by atoms with Gasteiger partial charge in [0.05, 0.1) is 16.9 Å². The Balaban J connectivity index is 1.50. The van der Waals surface area contributed by atoms with E-state index in [4.69, 9.17) is 0 Å². The van der Waals surface area contributed by atoms with Crippen LogP contribution in [0.5, 0.6) is 0 Å². The second-order valence-electron chi connectivity index (χ2n) is 7.49. The van der Waals surface area contributed by atoms with Gasteiger partial charge in [0.15, 0.2) is 0 Å². The zero-order valence-corrected chi connectivity index (χ0v) is 17.4. The summed E-state index contributed by atoms with van der Waals surface area (Å²) in [6.07, 6.45) is 0.394. The average molecular weight is 427 g/mol. The van der Waals surface area contributed by atoms with Gasteiger partial charge in [-0.2, -0.15) is 0 Å². The van der Waals surface area contributed by atoms with Crippen LogP contribution in [0.1, 0.15) is 39.1 Å². The summed E-state index contributed by atoms with van der Waals surface area (Å²) in [5, 5.41) is 5.60. The van der Waals surface area contributed by atoms with E-state index in [-0.39, 0.29) is 30.6 Å². The molecule has 0 atom stereocenters. The molecule has 7 nitrogen and oxygen atoms in total. The van der Waals surface area contributed by atoms with Crippen LogP contribution in [0.4, 0.5) is 17.1 Å². The van der Waals surface area contributed by atoms with E-state index >= 15 is 0 Å². The summed E-state index contributed by atoms with van der Waals surface area (Å²) in [4.78, 5) is 50.4. The predicted octanol–water partition coefficient (Wildman–Crippen LogP) is 4.15. The Labute approximate surface area is 185 Å². The third-order valence-corrected chi connectivity index (χ3v) is 5.14. The number of hydrogen-bond donors (Lipinski definition) is 2. The fourth-order valence-electron chi connectivity index (χ4n) is 3.53. The van der Waals surface area contributed by atoms with Crippen molar-refractivity contribution in [1.82, 2.24) is 0 Å². The number of nitrogens with zero attached hydrogens (tertiary/aromatic N) is 1. The molecule has 1 heterocycles. The number of imide groups is 1. The molecular weight excluding hydrogens is 406 g/mol. The molecule has 2 N–H and O–H groups in total. The molecule has 0 spiro atoms. The number of carbonyl (C=O) groups excluding carboxylic acids is 4. The molecule has 160 valence electrons. The highest BCUT2D eigenvalue weighted by Gasteiger charge is 2.30. The lowest BCUT2D eigenvalue weighted by molar-refractivity contribution is -0.121. The number of rotatable bonds is 5. The van der Waals surface area contributed by atoms with Crippen molar-refractivity contribution in [3.63, 3.8) is 0 Å². The van der Waals surface area contributed by atoms with Gasteiger partial charge in [-0.25, -0.2) is 0 Å². The average Bonchev–Trinajstić information content (AvgIpc) is 3.12. The number of aryl methyl sites for hydroxylation is 1. The summed E-state index contributed by atoms with van der Waals surface area (Å²) in [5.74, 6) is -1.25. The molecule has 0 unspecified atom stereocenters. The highest BCUT2D eigenvalue weighted by atomic mass is 16.2. The van der Waals surface area contributed by atoms with E-state index < -0.39 is 5.91 Å². The summed E-state index contributed by atoms with van der Waals surface area (Å²) in [6, 6.07) is 20.4. The van der Waals surface area contributed by atoms with Crippen LogP contribution in [0.3, 0.4) is 0 Å². The minimum Gasteiger partial charge on any atom is -0.322 e. The van der Waals surface area contributed by atoms with Crippen LogP contribution in [0.15, 0.2) is 72.8 Å². The number of para-hydroxylation sites is 1.